The highest BCUT2D eigenvalue weighted by molar-refractivity contribution is 7.09. The maximum absolute atomic E-state index is 14.1. The number of carboxylic acids is 1. The average molecular weight is 738 g/mol. The molecule has 0 saturated heterocycles. The van der Waals surface area contributed by atoms with Crippen molar-refractivity contribution in [1.82, 2.24) is 21.3 Å². The fourth-order valence-corrected chi connectivity index (χ4v) is 6.61. The van der Waals surface area contributed by atoms with Crippen LogP contribution >= 0.6 is 34.5 Å². The van der Waals surface area contributed by atoms with Crippen molar-refractivity contribution in [3.8, 4) is 5.75 Å². The zero-order chi connectivity index (χ0) is 35.6. The second-order valence-electron chi connectivity index (χ2n) is 11.7. The number of nitrogens with one attached hydrogen (secondary N) is 4. The van der Waals surface area contributed by atoms with Gasteiger partial charge in [-0.25, -0.2) is 4.79 Å². The molecule has 6 rings (SSSR count). The van der Waals surface area contributed by atoms with E-state index in [1.807, 2.05) is 17.5 Å². The van der Waals surface area contributed by atoms with E-state index in [2.05, 4.69) is 21.3 Å². The highest BCUT2D eigenvalue weighted by atomic mass is 35.5. The van der Waals surface area contributed by atoms with Gasteiger partial charge in [0.1, 0.15) is 29.9 Å². The van der Waals surface area contributed by atoms with Gasteiger partial charge in [-0.2, -0.15) is 0 Å². The van der Waals surface area contributed by atoms with Crippen molar-refractivity contribution in [3.63, 3.8) is 0 Å². The lowest BCUT2D eigenvalue weighted by Gasteiger charge is -2.26. The molecule has 1 aromatic heterocycles. The van der Waals surface area contributed by atoms with Gasteiger partial charge < -0.3 is 31.1 Å². The maximum Gasteiger partial charge on any atom is 0.326 e. The highest BCUT2D eigenvalue weighted by Gasteiger charge is 2.32. The summed E-state index contributed by atoms with van der Waals surface area (Å²) in [6.45, 7) is -0.410. The second-order valence-corrected chi connectivity index (χ2v) is 13.6. The summed E-state index contributed by atoms with van der Waals surface area (Å²) in [5.74, 6) is -3.63. The summed E-state index contributed by atoms with van der Waals surface area (Å²) < 4.78 is 5.64. The third-order valence-electron chi connectivity index (χ3n) is 7.97. The number of thiophene rings is 1. The molecule has 2 bridgehead atoms. The molecule has 50 heavy (non-hydrogen) atoms. The van der Waals surface area contributed by atoms with E-state index in [1.165, 1.54) is 17.4 Å². The molecule has 3 aromatic carbocycles. The van der Waals surface area contributed by atoms with Gasteiger partial charge in [-0.3, -0.25) is 19.2 Å². The number of carbonyl (C=O) groups excluding carboxylic acids is 4. The standard InChI is InChI=1S/C36H34Cl2N4O7S/c37-24-11-10-23(27(38)18-24)17-29-34(45)40-28(15-21-5-2-1-3-6-21)33(44)42-31(36(47)48)16-22-8-12-25(13-9-22)49-20-32(43)39-30(35(46)41-29)19-26-7-4-14-50-26/h1-14,18,28-31H,15-17,19-20H2,(H,39,43)(H,40,45)(H,41,46)(H,42,44)(H,47,48)/t28-,29-,30-,31-/m0/s1. The van der Waals surface area contributed by atoms with Gasteiger partial charge >= 0.3 is 5.97 Å². The molecule has 4 amide bonds. The topological polar surface area (TPSA) is 163 Å². The van der Waals surface area contributed by atoms with Crippen LogP contribution < -0.4 is 26.0 Å². The van der Waals surface area contributed by atoms with Gasteiger partial charge in [0.05, 0.1) is 0 Å². The van der Waals surface area contributed by atoms with Gasteiger partial charge in [0.15, 0.2) is 6.61 Å². The monoisotopic (exact) mass is 736 g/mol. The normalized spacial score (nSPS) is 20.6. The Kier molecular flexibility index (Phi) is 12.5. The number of hydrogen-bond acceptors (Lipinski definition) is 7. The average Bonchev–Trinajstić information content (AvgIpc) is 3.61. The molecule has 0 radical (unpaired) electrons. The molecular formula is C36H34Cl2N4O7S. The number of hydrogen-bond donors (Lipinski definition) is 5. The van der Waals surface area contributed by atoms with Crippen LogP contribution in [0.2, 0.25) is 10.0 Å². The van der Waals surface area contributed by atoms with E-state index in [9.17, 15) is 29.1 Å². The van der Waals surface area contributed by atoms with Crippen LogP contribution in [-0.2, 0) is 49.7 Å². The minimum absolute atomic E-state index is 0.0240. The highest BCUT2D eigenvalue weighted by Crippen LogP contribution is 2.23. The summed E-state index contributed by atoms with van der Waals surface area (Å²) in [6.07, 6.45) is -0.000437. The van der Waals surface area contributed by atoms with E-state index in [0.717, 1.165) is 4.88 Å². The van der Waals surface area contributed by atoms with Crippen LogP contribution in [0.4, 0.5) is 0 Å². The fourth-order valence-electron chi connectivity index (χ4n) is 5.37. The van der Waals surface area contributed by atoms with Crippen LogP contribution in [0.15, 0.2) is 90.3 Å². The van der Waals surface area contributed by atoms with Gasteiger partial charge in [0, 0.05) is 40.6 Å². The van der Waals surface area contributed by atoms with E-state index in [4.69, 9.17) is 27.9 Å². The Morgan fingerprint density at radius 1 is 0.760 bits per heavy atom. The smallest absolute Gasteiger partial charge is 0.326 e. The molecule has 0 spiro atoms. The zero-order valence-corrected chi connectivity index (χ0v) is 28.9. The molecule has 4 atom stereocenters. The molecule has 2 aliphatic heterocycles. The molecule has 0 saturated carbocycles. The van der Waals surface area contributed by atoms with E-state index in [0.29, 0.717) is 27.5 Å². The van der Waals surface area contributed by atoms with Crippen molar-refractivity contribution in [2.75, 3.05) is 6.61 Å². The van der Waals surface area contributed by atoms with E-state index in [1.54, 1.807) is 66.7 Å². The lowest BCUT2D eigenvalue weighted by atomic mass is 10.0. The Hall–Kier alpha value is -4.91. The van der Waals surface area contributed by atoms with Gasteiger partial charge in [-0.05, 0) is 52.4 Å². The first-order valence-corrected chi connectivity index (χ1v) is 17.3. The van der Waals surface area contributed by atoms with Crippen LogP contribution in [-0.4, -0.2) is 65.5 Å². The molecular weight excluding hydrogens is 703 g/mol. The van der Waals surface area contributed by atoms with Gasteiger partial charge in [-0.1, -0.05) is 77.8 Å². The predicted octanol–water partition coefficient (Wildman–Crippen LogP) is 3.74. The van der Waals surface area contributed by atoms with E-state index >= 15 is 0 Å². The van der Waals surface area contributed by atoms with Crippen molar-refractivity contribution >= 4 is 64.1 Å². The number of fused-ring (bicyclic) bond motifs is 16. The van der Waals surface area contributed by atoms with Crippen molar-refractivity contribution in [3.05, 3.63) is 122 Å². The third kappa shape index (κ3) is 10.3. The molecule has 11 nitrogen and oxygen atoms in total. The van der Waals surface area contributed by atoms with Crippen LogP contribution in [0, 0.1) is 0 Å². The maximum atomic E-state index is 14.1. The first kappa shape index (κ1) is 36.4. The van der Waals surface area contributed by atoms with Crippen molar-refractivity contribution < 1.29 is 33.8 Å². The molecule has 0 fully saturated rings. The molecule has 4 aromatic rings. The Morgan fingerprint density at radius 2 is 1.42 bits per heavy atom. The molecule has 14 heteroatoms. The Balaban J connectivity index is 1.52. The third-order valence-corrected chi connectivity index (χ3v) is 9.46. The molecule has 260 valence electrons. The van der Waals surface area contributed by atoms with Crippen LogP contribution in [0.1, 0.15) is 21.6 Å². The fraction of sp³-hybridized carbons (Fsp3) is 0.250. The number of rotatable bonds is 7. The number of amides is 4. The summed E-state index contributed by atoms with van der Waals surface area (Å²) in [6, 6.07) is 18.8. The number of ether oxygens (including phenoxy) is 1. The van der Waals surface area contributed by atoms with Crippen molar-refractivity contribution in [2.45, 2.75) is 49.9 Å². The largest absolute Gasteiger partial charge is 0.484 e. The van der Waals surface area contributed by atoms with Crippen LogP contribution in [0.5, 0.6) is 5.75 Å². The summed E-state index contributed by atoms with van der Waals surface area (Å²) >= 11 is 14.0. The zero-order valence-electron chi connectivity index (χ0n) is 26.6. The minimum Gasteiger partial charge on any atom is -0.484 e. The number of carbonyl (C=O) groups is 5. The van der Waals surface area contributed by atoms with E-state index < -0.39 is 60.4 Å². The van der Waals surface area contributed by atoms with Gasteiger partial charge in [0.2, 0.25) is 17.7 Å². The molecule has 2 aliphatic rings. The first-order valence-electron chi connectivity index (χ1n) is 15.7. The van der Waals surface area contributed by atoms with Crippen LogP contribution in [0.25, 0.3) is 0 Å². The Morgan fingerprint density at radius 3 is 2.06 bits per heavy atom. The van der Waals surface area contributed by atoms with Crippen molar-refractivity contribution in [2.24, 2.45) is 0 Å². The number of aliphatic carboxylic acids is 1. The number of benzene rings is 3. The summed E-state index contributed by atoms with van der Waals surface area (Å²) in [4.78, 5) is 68.0. The summed E-state index contributed by atoms with van der Waals surface area (Å²) in [5.41, 5.74) is 1.78. The Bertz CT molecular complexity index is 1820. The lowest BCUT2D eigenvalue weighted by Crippen LogP contribution is -2.59. The first-order chi connectivity index (χ1) is 24.0. The molecule has 3 heterocycles. The minimum atomic E-state index is -1.33. The molecule has 0 aliphatic carbocycles. The Labute approximate surface area is 302 Å². The second kappa shape index (κ2) is 17.1. The quantitative estimate of drug-likeness (QED) is 0.181. The van der Waals surface area contributed by atoms with E-state index in [-0.39, 0.29) is 30.7 Å². The number of carboxylic acid groups (broad SMARTS) is 1. The van der Waals surface area contributed by atoms with Crippen molar-refractivity contribution in [1.29, 1.82) is 0 Å². The molecule has 5 N–H and O–H groups in total. The summed E-state index contributed by atoms with van der Waals surface area (Å²) in [7, 11) is 0. The molecule has 0 unspecified atom stereocenters. The van der Waals surface area contributed by atoms with Crippen LogP contribution in [0.3, 0.4) is 0 Å². The number of halogens is 2. The van der Waals surface area contributed by atoms with Gasteiger partial charge in [-0.15, -0.1) is 11.3 Å². The summed E-state index contributed by atoms with van der Waals surface area (Å²) in [5, 5.41) is 23.3. The van der Waals surface area contributed by atoms with Gasteiger partial charge in [0.25, 0.3) is 5.91 Å². The SMILES string of the molecule is O=C1COc2ccc(cc2)C[C@@H](C(=O)O)NC(=O)[C@H](Cc2ccccc2)NC(=O)[C@H](Cc2ccc(Cl)cc2Cl)NC(=O)[C@H](Cc2cccs2)N1. The predicted molar refractivity (Wildman–Crippen MR) is 189 cm³/mol. The lowest BCUT2D eigenvalue weighted by molar-refractivity contribution is -0.142.